The van der Waals surface area contributed by atoms with Gasteiger partial charge in [-0.3, -0.25) is 0 Å². The first-order valence-electron chi connectivity index (χ1n) is 6.04. The highest BCUT2D eigenvalue weighted by Gasteiger charge is 2.42. The van der Waals surface area contributed by atoms with Gasteiger partial charge in [-0.2, -0.15) is 4.31 Å². The molecule has 98 valence electrons. The number of fused-ring (bicyclic) bond motifs is 1. The van der Waals surface area contributed by atoms with Crippen LogP contribution in [0.5, 0.6) is 0 Å². The second-order valence-electron chi connectivity index (χ2n) is 4.93. The second-order valence-corrected chi connectivity index (χ2v) is 6.84. The topological polar surface area (TPSA) is 49.4 Å². The van der Waals surface area contributed by atoms with Crippen molar-refractivity contribution in [3.63, 3.8) is 0 Å². The summed E-state index contributed by atoms with van der Waals surface area (Å²) < 4.78 is 39.7. The van der Waals surface area contributed by atoms with Crippen molar-refractivity contribution in [1.29, 1.82) is 0 Å². The lowest BCUT2D eigenvalue weighted by Gasteiger charge is -2.17. The van der Waals surface area contributed by atoms with E-state index in [0.717, 1.165) is 13.1 Å². The van der Waals surface area contributed by atoms with E-state index in [0.29, 0.717) is 24.9 Å². The summed E-state index contributed by atoms with van der Waals surface area (Å²) in [7, 11) is -3.68. The molecular weight excluding hydrogens is 255 g/mol. The summed E-state index contributed by atoms with van der Waals surface area (Å²) in [5.74, 6) is 0.0609. The van der Waals surface area contributed by atoms with Gasteiger partial charge < -0.3 is 5.32 Å². The Bertz CT molecular complexity index is 549. The zero-order valence-corrected chi connectivity index (χ0v) is 10.7. The maximum absolute atomic E-state index is 13.6. The maximum atomic E-state index is 13.6. The Kier molecular flexibility index (Phi) is 2.88. The fraction of sp³-hybridized carbons (Fsp3) is 0.500. The van der Waals surface area contributed by atoms with Gasteiger partial charge in [0.25, 0.3) is 0 Å². The summed E-state index contributed by atoms with van der Waals surface area (Å²) in [6.45, 7) is 2.70. The fourth-order valence-electron chi connectivity index (χ4n) is 2.80. The van der Waals surface area contributed by atoms with Crippen LogP contribution in [0.15, 0.2) is 29.2 Å². The minimum Gasteiger partial charge on any atom is -0.316 e. The van der Waals surface area contributed by atoms with Gasteiger partial charge >= 0.3 is 0 Å². The molecule has 0 bridgehead atoms. The van der Waals surface area contributed by atoms with Crippen molar-refractivity contribution in [2.45, 2.75) is 4.90 Å². The van der Waals surface area contributed by atoms with E-state index in [1.807, 2.05) is 0 Å². The Morgan fingerprint density at radius 2 is 1.78 bits per heavy atom. The first kappa shape index (κ1) is 12.1. The third-order valence-electron chi connectivity index (χ3n) is 3.81. The van der Waals surface area contributed by atoms with Gasteiger partial charge in [-0.25, -0.2) is 12.8 Å². The molecule has 0 radical (unpaired) electrons. The lowest BCUT2D eigenvalue weighted by Crippen LogP contribution is -2.32. The Labute approximate surface area is 106 Å². The van der Waals surface area contributed by atoms with Crippen LogP contribution in [0.3, 0.4) is 0 Å². The molecule has 0 spiro atoms. The number of nitrogens with zero attached hydrogens (tertiary/aromatic N) is 1. The van der Waals surface area contributed by atoms with Crippen LogP contribution in [-0.4, -0.2) is 38.9 Å². The molecular formula is C12H15FN2O2S. The fourth-order valence-corrected chi connectivity index (χ4v) is 4.42. The molecule has 1 N–H and O–H groups in total. The minimum absolute atomic E-state index is 0.210. The summed E-state index contributed by atoms with van der Waals surface area (Å²) >= 11 is 0. The smallest absolute Gasteiger partial charge is 0.246 e. The molecule has 2 heterocycles. The number of benzene rings is 1. The standard InChI is InChI=1S/C12H15FN2O2S/c13-11-3-1-2-4-12(11)18(16,17)15-7-9-5-14-6-10(9)8-15/h1-4,9-10,14H,5-8H2/t9-,10+. The normalized spacial score (nSPS) is 28.5. The second kappa shape index (κ2) is 4.29. The van der Waals surface area contributed by atoms with Gasteiger partial charge in [0.15, 0.2) is 0 Å². The first-order valence-corrected chi connectivity index (χ1v) is 7.48. The third kappa shape index (κ3) is 1.84. The monoisotopic (exact) mass is 270 g/mol. The van der Waals surface area contributed by atoms with Crippen LogP contribution in [0.1, 0.15) is 0 Å². The average molecular weight is 270 g/mol. The highest BCUT2D eigenvalue weighted by Crippen LogP contribution is 2.31. The lowest BCUT2D eigenvalue weighted by atomic mass is 10.0. The van der Waals surface area contributed by atoms with Crippen molar-refractivity contribution in [3.8, 4) is 0 Å². The molecule has 0 aromatic heterocycles. The SMILES string of the molecule is O=S(=O)(c1ccccc1F)N1C[C@H]2CNC[C@H]2C1. The first-order chi connectivity index (χ1) is 8.59. The summed E-state index contributed by atoms with van der Waals surface area (Å²) in [5.41, 5.74) is 0. The Morgan fingerprint density at radius 3 is 2.39 bits per heavy atom. The van der Waals surface area contributed by atoms with E-state index in [2.05, 4.69) is 5.32 Å². The van der Waals surface area contributed by atoms with Gasteiger partial charge in [-0.15, -0.1) is 0 Å². The van der Waals surface area contributed by atoms with E-state index >= 15 is 0 Å². The molecule has 0 aliphatic carbocycles. The number of hydrogen-bond acceptors (Lipinski definition) is 3. The molecule has 2 atom stereocenters. The lowest BCUT2D eigenvalue weighted by molar-refractivity contribution is 0.443. The van der Waals surface area contributed by atoms with Gasteiger partial charge in [0.2, 0.25) is 10.0 Å². The Hall–Kier alpha value is -0.980. The molecule has 18 heavy (non-hydrogen) atoms. The van der Waals surface area contributed by atoms with Crippen LogP contribution in [0, 0.1) is 17.7 Å². The molecule has 4 nitrogen and oxygen atoms in total. The van der Waals surface area contributed by atoms with Crippen LogP contribution in [0.4, 0.5) is 4.39 Å². The van der Waals surface area contributed by atoms with Crippen molar-refractivity contribution in [3.05, 3.63) is 30.1 Å². The van der Waals surface area contributed by atoms with Crippen LogP contribution in [-0.2, 0) is 10.0 Å². The quantitative estimate of drug-likeness (QED) is 0.859. The van der Waals surface area contributed by atoms with Crippen molar-refractivity contribution in [1.82, 2.24) is 9.62 Å². The predicted molar refractivity (Wildman–Crippen MR) is 65.0 cm³/mol. The van der Waals surface area contributed by atoms with Gasteiger partial charge in [-0.05, 0) is 37.1 Å². The summed E-state index contributed by atoms with van der Waals surface area (Å²) in [6.07, 6.45) is 0. The molecule has 0 amide bonds. The van der Waals surface area contributed by atoms with Gasteiger partial charge in [0.05, 0.1) is 0 Å². The third-order valence-corrected chi connectivity index (χ3v) is 5.68. The van der Waals surface area contributed by atoms with Crippen LogP contribution >= 0.6 is 0 Å². The molecule has 2 fully saturated rings. The van der Waals surface area contributed by atoms with Crippen LogP contribution < -0.4 is 5.32 Å². The average Bonchev–Trinajstić information content (AvgIpc) is 2.89. The van der Waals surface area contributed by atoms with E-state index in [9.17, 15) is 12.8 Å². The maximum Gasteiger partial charge on any atom is 0.246 e. The van der Waals surface area contributed by atoms with E-state index < -0.39 is 15.8 Å². The molecule has 1 aromatic rings. The highest BCUT2D eigenvalue weighted by molar-refractivity contribution is 7.89. The predicted octanol–water partition coefficient (Wildman–Crippen LogP) is 0.666. The van der Waals surface area contributed by atoms with Crippen molar-refractivity contribution >= 4 is 10.0 Å². The zero-order chi connectivity index (χ0) is 12.8. The molecule has 0 saturated carbocycles. The van der Waals surface area contributed by atoms with E-state index in [4.69, 9.17) is 0 Å². The van der Waals surface area contributed by atoms with Crippen molar-refractivity contribution in [2.75, 3.05) is 26.2 Å². The summed E-state index contributed by atoms with van der Waals surface area (Å²) in [6, 6.07) is 5.56. The number of sulfonamides is 1. The van der Waals surface area contributed by atoms with Crippen molar-refractivity contribution < 1.29 is 12.8 Å². The number of rotatable bonds is 2. The number of hydrogen-bond donors (Lipinski definition) is 1. The highest BCUT2D eigenvalue weighted by atomic mass is 32.2. The Morgan fingerprint density at radius 1 is 1.17 bits per heavy atom. The van der Waals surface area contributed by atoms with E-state index in [1.54, 1.807) is 6.07 Å². The zero-order valence-electron chi connectivity index (χ0n) is 9.84. The summed E-state index contributed by atoms with van der Waals surface area (Å²) in [5, 5.41) is 3.25. The van der Waals surface area contributed by atoms with Crippen LogP contribution in [0.25, 0.3) is 0 Å². The minimum atomic E-state index is -3.68. The molecule has 6 heteroatoms. The largest absolute Gasteiger partial charge is 0.316 e. The molecule has 2 aliphatic heterocycles. The summed E-state index contributed by atoms with van der Waals surface area (Å²) in [4.78, 5) is -0.210. The number of nitrogens with one attached hydrogen (secondary N) is 1. The molecule has 2 aliphatic rings. The van der Waals surface area contributed by atoms with E-state index in [-0.39, 0.29) is 4.90 Å². The van der Waals surface area contributed by atoms with Gasteiger partial charge in [-0.1, -0.05) is 12.1 Å². The van der Waals surface area contributed by atoms with Crippen LogP contribution in [0.2, 0.25) is 0 Å². The number of halogens is 1. The molecule has 1 aromatic carbocycles. The Balaban J connectivity index is 1.90. The molecule has 0 unspecified atom stereocenters. The molecule has 3 rings (SSSR count). The van der Waals surface area contributed by atoms with E-state index in [1.165, 1.54) is 22.5 Å². The van der Waals surface area contributed by atoms with Gasteiger partial charge in [0.1, 0.15) is 10.7 Å². The van der Waals surface area contributed by atoms with Gasteiger partial charge in [0, 0.05) is 13.1 Å². The molecule has 2 saturated heterocycles. The van der Waals surface area contributed by atoms with Crippen molar-refractivity contribution in [2.24, 2.45) is 11.8 Å².